The first-order chi connectivity index (χ1) is 6.09. The van der Waals surface area contributed by atoms with E-state index in [0.29, 0.717) is 5.56 Å². The van der Waals surface area contributed by atoms with Gasteiger partial charge in [0.25, 0.3) is 0 Å². The highest BCUT2D eigenvalue weighted by Crippen LogP contribution is 2.05. The van der Waals surface area contributed by atoms with Crippen LogP contribution in [0.3, 0.4) is 0 Å². The lowest BCUT2D eigenvalue weighted by molar-refractivity contribution is -0.132. The van der Waals surface area contributed by atoms with Gasteiger partial charge in [0, 0.05) is 0 Å². The molecule has 0 radical (unpaired) electrons. The third-order valence-corrected chi connectivity index (χ3v) is 1.44. The first kappa shape index (κ1) is 9.25. The van der Waals surface area contributed by atoms with Gasteiger partial charge in [0.05, 0.1) is 0 Å². The van der Waals surface area contributed by atoms with Crippen LogP contribution in [0, 0.1) is 5.82 Å². The maximum absolute atomic E-state index is 12.4. The number of nitrogens with two attached hydrogens (primary N) is 1. The summed E-state index contributed by atoms with van der Waals surface area (Å²) >= 11 is 0. The number of carboxylic acid groups (broad SMARTS) is 1. The lowest BCUT2D eigenvalue weighted by Gasteiger charge is -1.95. The maximum Gasteiger partial charge on any atom is 0.351 e. The van der Waals surface area contributed by atoms with Crippen LogP contribution in [-0.4, -0.2) is 11.1 Å². The first-order valence-corrected chi connectivity index (χ1v) is 3.55. The van der Waals surface area contributed by atoms with Gasteiger partial charge in [0.1, 0.15) is 11.5 Å². The predicted octanol–water partition coefficient (Wildman–Crippen LogP) is 1.21. The van der Waals surface area contributed by atoms with Gasteiger partial charge in [0.2, 0.25) is 0 Å². The average molecular weight is 181 g/mol. The van der Waals surface area contributed by atoms with Crippen LogP contribution in [0.2, 0.25) is 0 Å². The van der Waals surface area contributed by atoms with Gasteiger partial charge in [-0.05, 0) is 23.8 Å². The summed E-state index contributed by atoms with van der Waals surface area (Å²) < 4.78 is 12.4. The van der Waals surface area contributed by atoms with Crippen molar-refractivity contribution in [2.75, 3.05) is 0 Å². The summed E-state index contributed by atoms with van der Waals surface area (Å²) in [6.07, 6.45) is 1.27. The molecule has 0 bridgehead atoms. The Morgan fingerprint density at radius 3 is 2.38 bits per heavy atom. The van der Waals surface area contributed by atoms with Crippen molar-refractivity contribution in [1.29, 1.82) is 0 Å². The van der Waals surface area contributed by atoms with Gasteiger partial charge in [-0.3, -0.25) is 0 Å². The second-order valence-corrected chi connectivity index (χ2v) is 2.46. The van der Waals surface area contributed by atoms with E-state index in [-0.39, 0.29) is 11.5 Å². The van der Waals surface area contributed by atoms with Crippen LogP contribution >= 0.6 is 0 Å². The normalized spacial score (nSPS) is 11.3. The van der Waals surface area contributed by atoms with Gasteiger partial charge in [-0.15, -0.1) is 0 Å². The standard InChI is InChI=1S/C9H8FNO2/c10-7-3-1-6(2-4-7)5-8(11)9(12)13/h1-5H,11H2,(H,12,13)/b8-5+. The quantitative estimate of drug-likeness (QED) is 0.674. The van der Waals surface area contributed by atoms with Gasteiger partial charge in [-0.25, -0.2) is 9.18 Å². The van der Waals surface area contributed by atoms with E-state index in [1.807, 2.05) is 0 Å². The highest BCUT2D eigenvalue weighted by Gasteiger charge is 2.00. The van der Waals surface area contributed by atoms with Crippen molar-refractivity contribution < 1.29 is 14.3 Å². The number of halogens is 1. The number of carbonyl (C=O) groups is 1. The van der Waals surface area contributed by atoms with Crippen LogP contribution < -0.4 is 5.73 Å². The number of rotatable bonds is 2. The minimum atomic E-state index is -1.19. The van der Waals surface area contributed by atoms with E-state index in [1.165, 1.54) is 30.3 Å². The average Bonchev–Trinajstić information content (AvgIpc) is 2.08. The van der Waals surface area contributed by atoms with Crippen molar-refractivity contribution in [3.05, 3.63) is 41.3 Å². The van der Waals surface area contributed by atoms with Crippen molar-refractivity contribution in [3.63, 3.8) is 0 Å². The molecule has 68 valence electrons. The van der Waals surface area contributed by atoms with Crippen molar-refractivity contribution in [1.82, 2.24) is 0 Å². The molecule has 3 N–H and O–H groups in total. The first-order valence-electron chi connectivity index (χ1n) is 3.55. The highest BCUT2D eigenvalue weighted by molar-refractivity contribution is 5.90. The van der Waals surface area contributed by atoms with Gasteiger partial charge in [-0.1, -0.05) is 12.1 Å². The molecule has 0 amide bonds. The molecule has 0 unspecified atom stereocenters. The van der Waals surface area contributed by atoms with E-state index in [2.05, 4.69) is 0 Å². The number of hydrogen-bond acceptors (Lipinski definition) is 2. The van der Waals surface area contributed by atoms with Gasteiger partial charge in [0.15, 0.2) is 0 Å². The van der Waals surface area contributed by atoms with Crippen LogP contribution in [0.1, 0.15) is 5.56 Å². The Kier molecular flexibility index (Phi) is 2.64. The molecular weight excluding hydrogens is 173 g/mol. The Labute approximate surface area is 74.3 Å². The summed E-state index contributed by atoms with van der Waals surface area (Å²) in [7, 11) is 0. The topological polar surface area (TPSA) is 63.3 Å². The van der Waals surface area contributed by atoms with Crippen molar-refractivity contribution in [2.24, 2.45) is 5.73 Å². The largest absolute Gasteiger partial charge is 0.477 e. The number of benzene rings is 1. The Bertz CT molecular complexity index is 343. The van der Waals surface area contributed by atoms with Crippen molar-refractivity contribution >= 4 is 12.0 Å². The minimum Gasteiger partial charge on any atom is -0.477 e. The fourth-order valence-electron chi connectivity index (χ4n) is 0.800. The molecule has 4 heteroatoms. The Morgan fingerprint density at radius 2 is 1.92 bits per heavy atom. The molecule has 0 aliphatic rings. The van der Waals surface area contributed by atoms with E-state index in [4.69, 9.17) is 10.8 Å². The lowest BCUT2D eigenvalue weighted by atomic mass is 10.2. The summed E-state index contributed by atoms with van der Waals surface area (Å²) in [4.78, 5) is 10.3. The molecule has 0 aromatic heterocycles. The van der Waals surface area contributed by atoms with Gasteiger partial charge < -0.3 is 10.8 Å². The molecule has 3 nitrogen and oxygen atoms in total. The molecule has 0 atom stereocenters. The summed E-state index contributed by atoms with van der Waals surface area (Å²) in [5.41, 5.74) is 5.44. The smallest absolute Gasteiger partial charge is 0.351 e. The molecule has 0 saturated carbocycles. The molecule has 0 aliphatic heterocycles. The van der Waals surface area contributed by atoms with E-state index in [0.717, 1.165) is 0 Å². The highest BCUT2D eigenvalue weighted by atomic mass is 19.1. The molecule has 0 fully saturated rings. The fraction of sp³-hybridized carbons (Fsp3) is 0. The van der Waals surface area contributed by atoms with E-state index in [1.54, 1.807) is 0 Å². The molecule has 13 heavy (non-hydrogen) atoms. The van der Waals surface area contributed by atoms with Crippen LogP contribution in [-0.2, 0) is 4.79 Å². The lowest BCUT2D eigenvalue weighted by Crippen LogP contribution is -2.09. The second kappa shape index (κ2) is 3.71. The van der Waals surface area contributed by atoms with Crippen molar-refractivity contribution in [2.45, 2.75) is 0 Å². The Hall–Kier alpha value is -1.84. The molecule has 1 aromatic carbocycles. The van der Waals surface area contributed by atoms with Crippen LogP contribution in [0.25, 0.3) is 6.08 Å². The molecule has 0 saturated heterocycles. The zero-order valence-electron chi connectivity index (χ0n) is 6.70. The zero-order valence-corrected chi connectivity index (χ0v) is 6.70. The van der Waals surface area contributed by atoms with Gasteiger partial charge in [-0.2, -0.15) is 0 Å². The summed E-state index contributed by atoms with van der Waals surface area (Å²) in [6.45, 7) is 0. The molecule has 0 heterocycles. The predicted molar refractivity (Wildman–Crippen MR) is 46.2 cm³/mol. The summed E-state index contributed by atoms with van der Waals surface area (Å²) in [6, 6.07) is 5.37. The van der Waals surface area contributed by atoms with E-state index >= 15 is 0 Å². The van der Waals surface area contributed by atoms with E-state index in [9.17, 15) is 9.18 Å². The summed E-state index contributed by atoms with van der Waals surface area (Å²) in [5, 5.41) is 8.43. The number of carboxylic acids is 1. The third kappa shape index (κ3) is 2.59. The molecule has 1 aromatic rings. The number of hydrogen-bond donors (Lipinski definition) is 2. The van der Waals surface area contributed by atoms with Crippen LogP contribution in [0.15, 0.2) is 30.0 Å². The zero-order chi connectivity index (χ0) is 9.84. The van der Waals surface area contributed by atoms with Crippen molar-refractivity contribution in [3.8, 4) is 0 Å². The molecular formula is C9H8FNO2. The van der Waals surface area contributed by atoms with Crippen LogP contribution in [0.5, 0.6) is 0 Å². The Morgan fingerprint density at radius 1 is 1.38 bits per heavy atom. The third-order valence-electron chi connectivity index (χ3n) is 1.44. The minimum absolute atomic E-state index is 0.272. The maximum atomic E-state index is 12.4. The van der Waals surface area contributed by atoms with Crippen LogP contribution in [0.4, 0.5) is 4.39 Å². The molecule has 0 spiro atoms. The fourth-order valence-corrected chi connectivity index (χ4v) is 0.800. The summed E-state index contributed by atoms with van der Waals surface area (Å²) in [5.74, 6) is -1.56. The molecule has 0 aliphatic carbocycles. The van der Waals surface area contributed by atoms with E-state index < -0.39 is 5.97 Å². The van der Waals surface area contributed by atoms with Gasteiger partial charge >= 0.3 is 5.97 Å². The number of aliphatic carboxylic acids is 1. The SMILES string of the molecule is N/C(=C/c1ccc(F)cc1)C(=O)O. The monoisotopic (exact) mass is 181 g/mol. The Balaban J connectivity index is 2.92. The molecule has 1 rings (SSSR count). The second-order valence-electron chi connectivity index (χ2n) is 2.46.